The first-order chi connectivity index (χ1) is 4.20. The van der Waals surface area contributed by atoms with Crippen LogP contribution in [0.3, 0.4) is 0 Å². The standard InChI is InChI=1S/C3H8O4Si2/c4-2(6-8)1-3(5)7-9/h1H2,8-9H3. The van der Waals surface area contributed by atoms with E-state index in [-0.39, 0.29) is 6.42 Å². The maximum absolute atomic E-state index is 10.3. The van der Waals surface area contributed by atoms with Gasteiger partial charge in [-0.25, -0.2) is 0 Å². The molecule has 0 unspecified atom stereocenters. The largest absolute Gasteiger partial charge is 0.528 e. The summed E-state index contributed by atoms with van der Waals surface area (Å²) in [6.07, 6.45) is -0.243. The van der Waals surface area contributed by atoms with Gasteiger partial charge in [0.1, 0.15) is 6.42 Å². The van der Waals surface area contributed by atoms with E-state index in [0.717, 1.165) is 0 Å². The van der Waals surface area contributed by atoms with E-state index in [1.165, 1.54) is 0 Å². The van der Waals surface area contributed by atoms with Crippen molar-refractivity contribution in [1.29, 1.82) is 0 Å². The average molecular weight is 164 g/mol. The molecule has 0 aliphatic carbocycles. The molecule has 0 aromatic rings. The highest BCUT2D eigenvalue weighted by molar-refractivity contribution is 6.11. The molecule has 52 valence electrons. The molecule has 0 amide bonds. The molecule has 0 bridgehead atoms. The molecule has 9 heavy (non-hydrogen) atoms. The van der Waals surface area contributed by atoms with E-state index >= 15 is 0 Å². The van der Waals surface area contributed by atoms with Gasteiger partial charge in [0.05, 0.1) is 0 Å². The van der Waals surface area contributed by atoms with Crippen LogP contribution in [0.5, 0.6) is 0 Å². The molecule has 0 aromatic heterocycles. The van der Waals surface area contributed by atoms with Gasteiger partial charge in [-0.3, -0.25) is 9.59 Å². The summed E-state index contributed by atoms with van der Waals surface area (Å²) in [5, 5.41) is 0. The van der Waals surface area contributed by atoms with E-state index in [0.29, 0.717) is 21.0 Å². The van der Waals surface area contributed by atoms with Gasteiger partial charge in [0.2, 0.25) is 21.0 Å². The lowest BCUT2D eigenvalue weighted by molar-refractivity contribution is -0.143. The maximum Gasteiger partial charge on any atom is 0.303 e. The number of hydrogen-bond acceptors (Lipinski definition) is 4. The second kappa shape index (κ2) is 4.27. The molecule has 0 aliphatic heterocycles. The van der Waals surface area contributed by atoms with E-state index in [9.17, 15) is 9.59 Å². The van der Waals surface area contributed by atoms with Crippen LogP contribution in [0, 0.1) is 0 Å². The SMILES string of the molecule is O=C(CC(=O)O[SiH3])O[SiH3]. The topological polar surface area (TPSA) is 52.6 Å². The first kappa shape index (κ1) is 8.37. The molecule has 0 heterocycles. The van der Waals surface area contributed by atoms with Gasteiger partial charge in [0.15, 0.2) is 0 Å². The Hall–Kier alpha value is -0.626. The monoisotopic (exact) mass is 164 g/mol. The molecule has 0 aliphatic rings. The molecule has 6 heteroatoms. The predicted octanol–water partition coefficient (Wildman–Crippen LogP) is -2.98. The van der Waals surface area contributed by atoms with Gasteiger partial charge >= 0.3 is 11.9 Å². The molecule has 0 atom stereocenters. The van der Waals surface area contributed by atoms with Gasteiger partial charge in [-0.05, 0) is 0 Å². The molecular formula is C3H8O4Si2. The Bertz CT molecular complexity index is 109. The Morgan fingerprint density at radius 2 is 1.44 bits per heavy atom. The molecule has 0 N–H and O–H groups in total. The molecule has 0 saturated heterocycles. The molecule has 0 rings (SSSR count). The van der Waals surface area contributed by atoms with Crippen LogP contribution in [0.4, 0.5) is 0 Å². The highest BCUT2D eigenvalue weighted by Crippen LogP contribution is 1.84. The summed E-state index contributed by atoms with van der Waals surface area (Å²) in [4.78, 5) is 20.6. The van der Waals surface area contributed by atoms with E-state index in [1.54, 1.807) is 0 Å². The van der Waals surface area contributed by atoms with Crippen LogP contribution in [0.1, 0.15) is 6.42 Å². The van der Waals surface area contributed by atoms with Crippen molar-refractivity contribution in [2.45, 2.75) is 6.42 Å². The summed E-state index contributed by atoms with van der Waals surface area (Å²) in [5.74, 6) is -0.995. The lowest BCUT2D eigenvalue weighted by Gasteiger charge is -1.96. The fourth-order valence-electron chi connectivity index (χ4n) is 0.262. The Balaban J connectivity index is 3.47. The van der Waals surface area contributed by atoms with E-state index in [4.69, 9.17) is 0 Å². The van der Waals surface area contributed by atoms with Crippen LogP contribution < -0.4 is 0 Å². The van der Waals surface area contributed by atoms with Crippen molar-refractivity contribution in [3.05, 3.63) is 0 Å². The molecule has 0 aromatic carbocycles. The fourth-order valence-corrected chi connectivity index (χ4v) is 0.551. The van der Waals surface area contributed by atoms with Gasteiger partial charge in [-0.1, -0.05) is 0 Å². The quantitative estimate of drug-likeness (QED) is 0.323. The minimum Gasteiger partial charge on any atom is -0.528 e. The Morgan fingerprint density at radius 3 is 1.67 bits per heavy atom. The summed E-state index contributed by atoms with van der Waals surface area (Å²) >= 11 is 0. The zero-order valence-electron chi connectivity index (χ0n) is 5.34. The number of hydrogen-bond donors (Lipinski definition) is 0. The third kappa shape index (κ3) is 3.92. The van der Waals surface area contributed by atoms with E-state index < -0.39 is 11.9 Å². The smallest absolute Gasteiger partial charge is 0.303 e. The maximum atomic E-state index is 10.3. The minimum absolute atomic E-state index is 0.243. The van der Waals surface area contributed by atoms with Gasteiger partial charge in [0.25, 0.3) is 0 Å². The molecule has 0 fully saturated rings. The fraction of sp³-hybridized carbons (Fsp3) is 0.333. The molecule has 0 saturated carbocycles. The highest BCUT2D eigenvalue weighted by Gasteiger charge is 2.06. The summed E-state index contributed by atoms with van der Waals surface area (Å²) < 4.78 is 8.67. The second-order valence-corrected chi connectivity index (χ2v) is 2.15. The predicted molar refractivity (Wildman–Crippen MR) is 36.7 cm³/mol. The zero-order valence-corrected chi connectivity index (χ0v) is 9.34. The first-order valence-electron chi connectivity index (χ1n) is 2.34. The van der Waals surface area contributed by atoms with E-state index in [1.807, 2.05) is 0 Å². The van der Waals surface area contributed by atoms with Crippen LogP contribution in [0.2, 0.25) is 0 Å². The van der Waals surface area contributed by atoms with Crippen molar-refractivity contribution in [3.63, 3.8) is 0 Å². The Labute approximate surface area is 58.6 Å². The van der Waals surface area contributed by atoms with Crippen LogP contribution in [0.15, 0.2) is 0 Å². The number of carbonyl (C=O) groups excluding carboxylic acids is 2. The molecule has 4 nitrogen and oxygen atoms in total. The van der Waals surface area contributed by atoms with Crippen LogP contribution in [-0.2, 0) is 18.4 Å². The van der Waals surface area contributed by atoms with Gasteiger partial charge in [-0.15, -0.1) is 0 Å². The van der Waals surface area contributed by atoms with Crippen molar-refractivity contribution in [3.8, 4) is 0 Å². The lowest BCUT2D eigenvalue weighted by Crippen LogP contribution is -2.11. The normalized spacial score (nSPS) is 8.89. The Morgan fingerprint density at radius 1 is 1.11 bits per heavy atom. The number of carbonyl (C=O) groups is 2. The lowest BCUT2D eigenvalue weighted by atomic mass is 10.5. The van der Waals surface area contributed by atoms with Gasteiger partial charge in [-0.2, -0.15) is 0 Å². The average Bonchev–Trinajstić information content (AvgIpc) is 1.87. The van der Waals surface area contributed by atoms with E-state index in [2.05, 4.69) is 8.85 Å². The summed E-state index contributed by atoms with van der Waals surface area (Å²) in [5.41, 5.74) is 0. The third-order valence-corrected chi connectivity index (χ3v) is 1.65. The van der Waals surface area contributed by atoms with Gasteiger partial charge in [0, 0.05) is 0 Å². The van der Waals surface area contributed by atoms with Crippen LogP contribution in [0.25, 0.3) is 0 Å². The Kier molecular flexibility index (Phi) is 3.97. The van der Waals surface area contributed by atoms with Gasteiger partial charge < -0.3 is 8.85 Å². The highest BCUT2D eigenvalue weighted by atomic mass is 28.2. The summed E-state index contributed by atoms with van der Waals surface area (Å²) in [7, 11) is 0.670. The molecule has 0 radical (unpaired) electrons. The van der Waals surface area contributed by atoms with Crippen LogP contribution >= 0.6 is 0 Å². The van der Waals surface area contributed by atoms with Crippen molar-refractivity contribution < 1.29 is 18.4 Å². The summed E-state index contributed by atoms with van der Waals surface area (Å²) in [6.45, 7) is 0. The molecular weight excluding hydrogens is 156 g/mol. The van der Waals surface area contributed by atoms with Crippen molar-refractivity contribution >= 4 is 32.9 Å². The number of rotatable bonds is 2. The van der Waals surface area contributed by atoms with Crippen molar-refractivity contribution in [1.82, 2.24) is 0 Å². The van der Waals surface area contributed by atoms with Crippen molar-refractivity contribution in [2.24, 2.45) is 0 Å². The minimum atomic E-state index is -0.498. The van der Waals surface area contributed by atoms with Crippen molar-refractivity contribution in [2.75, 3.05) is 0 Å². The first-order valence-corrected chi connectivity index (χ1v) is 3.97. The zero-order chi connectivity index (χ0) is 7.28. The second-order valence-electron chi connectivity index (χ2n) is 1.33. The molecule has 0 spiro atoms. The summed E-state index contributed by atoms with van der Waals surface area (Å²) in [6, 6.07) is 0. The third-order valence-electron chi connectivity index (χ3n) is 0.744. The van der Waals surface area contributed by atoms with Crippen LogP contribution in [-0.4, -0.2) is 32.9 Å².